The van der Waals surface area contributed by atoms with Crippen molar-refractivity contribution in [3.05, 3.63) is 261 Å². The summed E-state index contributed by atoms with van der Waals surface area (Å²) >= 11 is 0. The van der Waals surface area contributed by atoms with E-state index in [1.165, 1.54) is 16.7 Å². The van der Waals surface area contributed by atoms with Gasteiger partial charge in [0.1, 0.15) is 0 Å². The maximum Gasteiger partial charge on any atom is 0.164 e. The van der Waals surface area contributed by atoms with Crippen LogP contribution in [0.15, 0.2) is 261 Å². The summed E-state index contributed by atoms with van der Waals surface area (Å²) in [5, 5.41) is 0. The van der Waals surface area contributed by atoms with Crippen molar-refractivity contribution in [1.82, 2.24) is 15.0 Å². The third kappa shape index (κ3) is 7.91. The molecule has 3 heteroatoms. The van der Waals surface area contributed by atoms with Crippen LogP contribution in [0.5, 0.6) is 0 Å². The minimum Gasteiger partial charge on any atom is -0.208 e. The zero-order valence-corrected chi connectivity index (χ0v) is 36.2. The van der Waals surface area contributed by atoms with E-state index >= 15 is 0 Å². The lowest BCUT2D eigenvalue weighted by molar-refractivity contribution is 1.07. The van der Waals surface area contributed by atoms with Gasteiger partial charge in [-0.1, -0.05) is 255 Å². The lowest BCUT2D eigenvalue weighted by Crippen LogP contribution is -2.03. The zero-order chi connectivity index (χ0) is 44.1. The molecule has 0 aliphatic carbocycles. The van der Waals surface area contributed by atoms with Gasteiger partial charge in [-0.15, -0.1) is 0 Å². The largest absolute Gasteiger partial charge is 0.208 e. The molecule has 0 aliphatic heterocycles. The van der Waals surface area contributed by atoms with E-state index in [1.54, 1.807) is 0 Å². The lowest BCUT2D eigenvalue weighted by Gasteiger charge is -2.29. The molecular weight excluding hydrogens is 799 g/mol. The Bertz CT molecular complexity index is 3290. The van der Waals surface area contributed by atoms with E-state index in [4.69, 9.17) is 15.0 Å². The number of hydrogen-bond donors (Lipinski definition) is 0. The van der Waals surface area contributed by atoms with Gasteiger partial charge in [-0.3, -0.25) is 0 Å². The number of hydrogen-bond acceptors (Lipinski definition) is 3. The SMILES string of the molecule is c1ccc(-c2ccc(-c3nc(-c4ccccc4)nc(-c4cccc(-c5c(-c6ccccc6)c(-c6ccccc6)c(-c6ccccc6)c(-c6ccccc6)c5-c5ccccc5)c4)n3)cc2)cc1. The van der Waals surface area contributed by atoms with E-state index in [0.29, 0.717) is 17.5 Å². The van der Waals surface area contributed by atoms with Crippen molar-refractivity contribution in [2.45, 2.75) is 0 Å². The molecule has 66 heavy (non-hydrogen) atoms. The molecule has 0 amide bonds. The molecule has 3 nitrogen and oxygen atoms in total. The van der Waals surface area contributed by atoms with Gasteiger partial charge in [0.25, 0.3) is 0 Å². The Morgan fingerprint density at radius 1 is 0.152 bits per heavy atom. The van der Waals surface area contributed by atoms with Crippen LogP contribution in [0.25, 0.3) is 112 Å². The summed E-state index contributed by atoms with van der Waals surface area (Å²) < 4.78 is 0. The molecule has 0 saturated heterocycles. The lowest BCUT2D eigenvalue weighted by atomic mass is 9.74. The summed E-state index contributed by atoms with van der Waals surface area (Å²) in [6.45, 7) is 0. The van der Waals surface area contributed by atoms with Crippen LogP contribution in [0.4, 0.5) is 0 Å². The summed E-state index contributed by atoms with van der Waals surface area (Å²) in [7, 11) is 0. The topological polar surface area (TPSA) is 38.7 Å². The van der Waals surface area contributed by atoms with Crippen LogP contribution in [0.3, 0.4) is 0 Å². The van der Waals surface area contributed by atoms with Crippen molar-refractivity contribution in [1.29, 1.82) is 0 Å². The highest BCUT2D eigenvalue weighted by Gasteiger charge is 2.29. The second-order valence-electron chi connectivity index (χ2n) is 16.3. The quantitative estimate of drug-likeness (QED) is 0.138. The first-order valence-corrected chi connectivity index (χ1v) is 22.4. The molecule has 0 radical (unpaired) electrons. The van der Waals surface area contributed by atoms with E-state index in [1.807, 2.05) is 24.3 Å². The van der Waals surface area contributed by atoms with Gasteiger partial charge in [-0.25, -0.2) is 15.0 Å². The molecule has 0 spiro atoms. The van der Waals surface area contributed by atoms with Crippen LogP contribution in [0, 0.1) is 0 Å². The van der Waals surface area contributed by atoms with E-state index in [9.17, 15) is 0 Å². The summed E-state index contributed by atoms with van der Waals surface area (Å²) in [5.74, 6) is 1.83. The van der Waals surface area contributed by atoms with Crippen molar-refractivity contribution in [3.63, 3.8) is 0 Å². The van der Waals surface area contributed by atoms with Crippen molar-refractivity contribution < 1.29 is 0 Å². The average Bonchev–Trinajstić information content (AvgIpc) is 3.41. The molecule has 0 fully saturated rings. The zero-order valence-electron chi connectivity index (χ0n) is 36.2. The minimum atomic E-state index is 0.600. The van der Waals surface area contributed by atoms with E-state index in [0.717, 1.165) is 77.9 Å². The van der Waals surface area contributed by atoms with Crippen molar-refractivity contribution in [3.8, 4) is 112 Å². The van der Waals surface area contributed by atoms with E-state index in [2.05, 4.69) is 237 Å². The first-order valence-electron chi connectivity index (χ1n) is 22.4. The first-order chi connectivity index (χ1) is 32.8. The highest BCUT2D eigenvalue weighted by Crippen LogP contribution is 2.56. The molecule has 0 unspecified atom stereocenters. The average molecular weight is 842 g/mol. The monoisotopic (exact) mass is 841 g/mol. The van der Waals surface area contributed by atoms with Crippen molar-refractivity contribution >= 4 is 0 Å². The number of aromatic nitrogens is 3. The third-order valence-electron chi connectivity index (χ3n) is 12.1. The van der Waals surface area contributed by atoms with Crippen LogP contribution in [0.1, 0.15) is 0 Å². The molecule has 0 saturated carbocycles. The van der Waals surface area contributed by atoms with Crippen LogP contribution in [0.2, 0.25) is 0 Å². The second-order valence-corrected chi connectivity index (χ2v) is 16.3. The molecule has 11 rings (SSSR count). The molecular formula is C63H43N3. The second kappa shape index (κ2) is 18.1. The summed E-state index contributed by atoms with van der Waals surface area (Å²) in [5.41, 5.74) is 18.7. The highest BCUT2D eigenvalue weighted by atomic mass is 15.0. The third-order valence-corrected chi connectivity index (χ3v) is 12.1. The van der Waals surface area contributed by atoms with Gasteiger partial charge in [0, 0.05) is 16.7 Å². The Hall–Kier alpha value is -8.79. The number of rotatable bonds is 10. The number of benzene rings is 10. The Kier molecular flexibility index (Phi) is 11.0. The van der Waals surface area contributed by atoms with Crippen molar-refractivity contribution in [2.24, 2.45) is 0 Å². The van der Waals surface area contributed by atoms with Crippen LogP contribution in [-0.4, -0.2) is 15.0 Å². The number of nitrogens with zero attached hydrogens (tertiary/aromatic N) is 3. The Labute approximate surface area is 386 Å². The molecule has 0 aliphatic rings. The van der Waals surface area contributed by atoms with Crippen molar-refractivity contribution in [2.75, 3.05) is 0 Å². The fourth-order valence-electron chi connectivity index (χ4n) is 9.11. The maximum absolute atomic E-state index is 5.26. The standard InChI is InChI=1S/C63H43N3/c1-8-23-44(24-9-1)45-39-41-52(42-40-45)62-64-61(51-35-20-7-21-36-51)65-63(66-62)54-38-22-37-53(43-54)60-58(49-31-16-5-17-32-49)56(47-27-12-3-13-28-47)55(46-25-10-2-11-26-46)57(48-29-14-4-15-30-48)59(60)50-33-18-6-19-34-50/h1-43H. The molecule has 11 aromatic rings. The maximum atomic E-state index is 5.26. The van der Waals surface area contributed by atoms with Gasteiger partial charge in [0.2, 0.25) is 0 Å². The normalized spacial score (nSPS) is 11.0. The van der Waals surface area contributed by atoms with Gasteiger partial charge in [0.15, 0.2) is 17.5 Å². The molecule has 1 heterocycles. The Morgan fingerprint density at radius 2 is 0.364 bits per heavy atom. The fourth-order valence-corrected chi connectivity index (χ4v) is 9.11. The molecule has 310 valence electrons. The molecule has 0 N–H and O–H groups in total. The fraction of sp³-hybridized carbons (Fsp3) is 0. The van der Waals surface area contributed by atoms with Gasteiger partial charge in [0.05, 0.1) is 0 Å². The van der Waals surface area contributed by atoms with Crippen LogP contribution >= 0.6 is 0 Å². The highest BCUT2D eigenvalue weighted by molar-refractivity contribution is 6.15. The summed E-state index contributed by atoms with van der Waals surface area (Å²) in [4.78, 5) is 15.6. The van der Waals surface area contributed by atoms with Gasteiger partial charge in [-0.2, -0.15) is 0 Å². The van der Waals surface area contributed by atoms with Crippen LogP contribution in [-0.2, 0) is 0 Å². The Balaban J connectivity index is 1.22. The Morgan fingerprint density at radius 3 is 0.712 bits per heavy atom. The van der Waals surface area contributed by atoms with E-state index < -0.39 is 0 Å². The summed E-state index contributed by atoms with van der Waals surface area (Å²) in [6, 6.07) is 92.2. The van der Waals surface area contributed by atoms with Crippen LogP contribution < -0.4 is 0 Å². The van der Waals surface area contributed by atoms with Gasteiger partial charge < -0.3 is 0 Å². The molecule has 0 bridgehead atoms. The molecule has 10 aromatic carbocycles. The predicted molar refractivity (Wildman–Crippen MR) is 274 cm³/mol. The first kappa shape index (κ1) is 40.0. The minimum absolute atomic E-state index is 0.600. The summed E-state index contributed by atoms with van der Waals surface area (Å²) in [6.07, 6.45) is 0. The predicted octanol–water partition coefficient (Wildman–Crippen LogP) is 16.5. The van der Waals surface area contributed by atoms with E-state index in [-0.39, 0.29) is 0 Å². The molecule has 0 atom stereocenters. The smallest absolute Gasteiger partial charge is 0.164 e. The van der Waals surface area contributed by atoms with Gasteiger partial charge in [-0.05, 0) is 84.0 Å². The molecule has 1 aromatic heterocycles. The van der Waals surface area contributed by atoms with Gasteiger partial charge >= 0.3 is 0 Å².